The van der Waals surface area contributed by atoms with Crippen molar-refractivity contribution in [3.63, 3.8) is 0 Å². The molecule has 1 fully saturated rings. The molecule has 1 saturated heterocycles. The van der Waals surface area contributed by atoms with Gasteiger partial charge in [-0.05, 0) is 32.9 Å². The van der Waals surface area contributed by atoms with Gasteiger partial charge in [-0.15, -0.1) is 0 Å². The maximum Gasteiger partial charge on any atom is 0.228 e. The van der Waals surface area contributed by atoms with Crippen LogP contribution in [-0.4, -0.2) is 48.5 Å². The van der Waals surface area contributed by atoms with Gasteiger partial charge in [0, 0.05) is 56.8 Å². The lowest BCUT2D eigenvalue weighted by Gasteiger charge is -2.38. The fourth-order valence-corrected chi connectivity index (χ4v) is 3.99. The van der Waals surface area contributed by atoms with Crippen molar-refractivity contribution < 1.29 is 9.59 Å². The summed E-state index contributed by atoms with van der Waals surface area (Å²) in [5.41, 5.74) is 1.59. The second kappa shape index (κ2) is 6.87. The van der Waals surface area contributed by atoms with Gasteiger partial charge in [0.25, 0.3) is 0 Å². The van der Waals surface area contributed by atoms with Gasteiger partial charge in [0.2, 0.25) is 11.8 Å². The molecule has 2 amide bonds. The first-order valence-corrected chi connectivity index (χ1v) is 9.25. The van der Waals surface area contributed by atoms with Crippen molar-refractivity contribution >= 4 is 11.8 Å². The Hall–Kier alpha value is -2.57. The molecule has 0 aromatic carbocycles. The molecule has 0 radical (unpaired) electrons. The molecule has 0 bridgehead atoms. The quantitative estimate of drug-likeness (QED) is 0.827. The van der Waals surface area contributed by atoms with E-state index < -0.39 is 5.92 Å². The predicted molar refractivity (Wildman–Crippen MR) is 103 cm³/mol. The van der Waals surface area contributed by atoms with Gasteiger partial charge in [0.1, 0.15) is 0 Å². The van der Waals surface area contributed by atoms with Gasteiger partial charge in [-0.25, -0.2) is 0 Å². The highest BCUT2D eigenvalue weighted by molar-refractivity contribution is 5.90. The molecule has 0 N–H and O–H groups in total. The fraction of sp³-hybridized carbons (Fsp3) is 0.550. The first kappa shape index (κ1) is 19.2. The Morgan fingerprint density at radius 2 is 2.04 bits per heavy atom. The maximum atomic E-state index is 13.3. The third kappa shape index (κ3) is 3.63. The molecule has 2 atom stereocenters. The van der Waals surface area contributed by atoms with Crippen molar-refractivity contribution in [2.75, 3.05) is 7.05 Å². The molecule has 27 heavy (non-hydrogen) atoms. The van der Waals surface area contributed by atoms with Crippen LogP contribution in [-0.2, 0) is 30.2 Å². The van der Waals surface area contributed by atoms with Crippen LogP contribution in [0.15, 0.2) is 30.7 Å². The molecule has 3 rings (SSSR count). The van der Waals surface area contributed by atoms with Crippen LogP contribution >= 0.6 is 0 Å². The van der Waals surface area contributed by atoms with Gasteiger partial charge in [-0.3, -0.25) is 14.3 Å². The van der Waals surface area contributed by atoms with E-state index in [2.05, 4.69) is 5.10 Å². The zero-order chi connectivity index (χ0) is 19.9. The van der Waals surface area contributed by atoms with Gasteiger partial charge in [-0.2, -0.15) is 5.10 Å². The maximum absolute atomic E-state index is 13.3. The predicted octanol–water partition coefficient (Wildman–Crippen LogP) is 2.11. The number of hydrogen-bond donors (Lipinski definition) is 0. The van der Waals surface area contributed by atoms with E-state index in [4.69, 9.17) is 0 Å². The van der Waals surface area contributed by atoms with E-state index in [0.29, 0.717) is 6.54 Å². The highest BCUT2D eigenvalue weighted by Gasteiger charge is 2.49. The number of rotatable bonds is 4. The first-order valence-electron chi connectivity index (χ1n) is 9.25. The number of amides is 2. The second-order valence-electron chi connectivity index (χ2n) is 8.44. The van der Waals surface area contributed by atoms with Crippen molar-refractivity contribution in [1.29, 1.82) is 0 Å². The van der Waals surface area contributed by atoms with Crippen LogP contribution in [0.25, 0.3) is 0 Å². The van der Waals surface area contributed by atoms with Crippen molar-refractivity contribution in [2.24, 2.45) is 20.0 Å². The SMILES string of the molecule is CN(Cc1cccn1C)C(=O)C1CC(=O)N(C(C)(C)C)C1c1cnn(C)c1. The number of carbonyl (C=O) groups excluding carboxylic acids is 2. The third-order valence-corrected chi connectivity index (χ3v) is 5.26. The zero-order valence-electron chi connectivity index (χ0n) is 17.0. The topological polar surface area (TPSA) is 63.4 Å². The smallest absolute Gasteiger partial charge is 0.228 e. The normalized spacial score (nSPS) is 20.4. The monoisotopic (exact) mass is 371 g/mol. The van der Waals surface area contributed by atoms with Gasteiger partial charge in [-0.1, -0.05) is 0 Å². The summed E-state index contributed by atoms with van der Waals surface area (Å²) in [4.78, 5) is 29.7. The lowest BCUT2D eigenvalue weighted by Crippen LogP contribution is -2.45. The van der Waals surface area contributed by atoms with E-state index in [9.17, 15) is 9.59 Å². The molecule has 0 saturated carbocycles. The van der Waals surface area contributed by atoms with Gasteiger partial charge in [0.05, 0.1) is 24.7 Å². The average molecular weight is 371 g/mol. The van der Waals surface area contributed by atoms with E-state index in [-0.39, 0.29) is 29.8 Å². The van der Waals surface area contributed by atoms with Gasteiger partial charge >= 0.3 is 0 Å². The van der Waals surface area contributed by atoms with Gasteiger partial charge < -0.3 is 14.4 Å². The Kier molecular flexibility index (Phi) is 4.88. The molecule has 1 aliphatic heterocycles. The third-order valence-electron chi connectivity index (χ3n) is 5.26. The van der Waals surface area contributed by atoms with E-state index in [1.54, 1.807) is 22.8 Å². The number of aryl methyl sites for hydroxylation is 2. The average Bonchev–Trinajstić information content (AvgIpc) is 3.25. The van der Waals surface area contributed by atoms with E-state index >= 15 is 0 Å². The molecule has 7 heteroatoms. The van der Waals surface area contributed by atoms with E-state index in [1.165, 1.54) is 0 Å². The minimum absolute atomic E-state index is 0.00912. The fourth-order valence-electron chi connectivity index (χ4n) is 3.99. The standard InChI is InChI=1S/C20H29N5O2/c1-20(2,3)25-17(26)10-16(18(25)14-11-21-24(6)12-14)19(27)23(5)13-15-8-7-9-22(15)4/h7-9,11-12,16,18H,10,13H2,1-6H3. The van der Waals surface area contributed by atoms with Gasteiger partial charge in [0.15, 0.2) is 0 Å². The summed E-state index contributed by atoms with van der Waals surface area (Å²) >= 11 is 0. The van der Waals surface area contributed by atoms with Crippen molar-refractivity contribution in [1.82, 2.24) is 24.1 Å². The molecule has 2 aromatic heterocycles. The minimum Gasteiger partial charge on any atom is -0.353 e. The molecule has 2 aromatic rings. The summed E-state index contributed by atoms with van der Waals surface area (Å²) in [5, 5.41) is 4.26. The van der Waals surface area contributed by atoms with E-state index in [0.717, 1.165) is 11.3 Å². The molecular weight excluding hydrogens is 342 g/mol. The molecule has 0 spiro atoms. The van der Waals surface area contributed by atoms with Crippen molar-refractivity contribution in [3.05, 3.63) is 42.0 Å². The first-order chi connectivity index (χ1) is 12.6. The summed E-state index contributed by atoms with van der Waals surface area (Å²) < 4.78 is 3.72. The van der Waals surface area contributed by atoms with Crippen LogP contribution in [0.1, 0.15) is 44.5 Å². The highest BCUT2D eigenvalue weighted by Crippen LogP contribution is 2.43. The Balaban J connectivity index is 1.91. The zero-order valence-corrected chi connectivity index (χ0v) is 17.0. The number of hydrogen-bond acceptors (Lipinski definition) is 3. The van der Waals surface area contributed by atoms with Crippen LogP contribution < -0.4 is 0 Å². The summed E-state index contributed by atoms with van der Waals surface area (Å²) in [7, 11) is 5.62. The van der Waals surface area contributed by atoms with Crippen molar-refractivity contribution in [3.8, 4) is 0 Å². The molecule has 0 aliphatic carbocycles. The number of carbonyl (C=O) groups is 2. The van der Waals surface area contributed by atoms with Crippen LogP contribution in [0.2, 0.25) is 0 Å². The van der Waals surface area contributed by atoms with Crippen LogP contribution in [0.4, 0.5) is 0 Å². The van der Waals surface area contributed by atoms with E-state index in [1.807, 2.05) is 68.9 Å². The molecule has 7 nitrogen and oxygen atoms in total. The van der Waals surface area contributed by atoms with Crippen LogP contribution in [0.3, 0.4) is 0 Å². The largest absolute Gasteiger partial charge is 0.353 e. The van der Waals surface area contributed by atoms with Crippen molar-refractivity contribution in [2.45, 2.75) is 45.3 Å². The lowest BCUT2D eigenvalue weighted by molar-refractivity contribution is -0.136. The van der Waals surface area contributed by atoms with Crippen LogP contribution in [0, 0.1) is 5.92 Å². The summed E-state index contributed by atoms with van der Waals surface area (Å²) in [5.74, 6) is -0.404. The molecule has 146 valence electrons. The Morgan fingerprint density at radius 1 is 1.33 bits per heavy atom. The highest BCUT2D eigenvalue weighted by atomic mass is 16.2. The molecular formula is C20H29N5O2. The minimum atomic E-state index is -0.411. The Labute approximate surface area is 160 Å². The Bertz CT molecular complexity index is 845. The van der Waals surface area contributed by atoms with Crippen LogP contribution in [0.5, 0.6) is 0 Å². The summed E-state index contributed by atoms with van der Waals surface area (Å²) in [6.07, 6.45) is 5.86. The molecule has 1 aliphatic rings. The number of aromatic nitrogens is 3. The molecule has 3 heterocycles. The lowest BCUT2D eigenvalue weighted by atomic mass is 9.92. The number of nitrogens with zero attached hydrogens (tertiary/aromatic N) is 5. The summed E-state index contributed by atoms with van der Waals surface area (Å²) in [6.45, 7) is 6.54. The summed E-state index contributed by atoms with van der Waals surface area (Å²) in [6, 6.07) is 3.67. The molecule has 2 unspecified atom stereocenters. The Morgan fingerprint density at radius 3 is 2.56 bits per heavy atom. The second-order valence-corrected chi connectivity index (χ2v) is 8.44. The number of likely N-dealkylation sites (tertiary alicyclic amines) is 1.